The standard InChI is InChI=1S/C15H16N2O/c1-9-2-5-13-11(8-9)15(18)10-3-4-12-14(10)17(13)7-6-16-12/h2,5,8,12,16H,3-4,6-7H2,1H3/p+1/t12-/m1/s1. The predicted octanol–water partition coefficient (Wildman–Crippen LogP) is 0.874. The first-order valence-electron chi connectivity index (χ1n) is 6.75. The zero-order chi connectivity index (χ0) is 12.3. The molecule has 1 aliphatic heterocycles. The molecule has 1 aromatic heterocycles. The van der Waals surface area contributed by atoms with Crippen LogP contribution in [0.4, 0.5) is 0 Å². The topological polar surface area (TPSA) is 38.6 Å². The fraction of sp³-hybridized carbons (Fsp3) is 0.400. The van der Waals surface area contributed by atoms with E-state index in [0.29, 0.717) is 6.04 Å². The molecule has 0 radical (unpaired) electrons. The Balaban J connectivity index is 2.20. The Labute approximate surface area is 105 Å². The molecule has 0 spiro atoms. The molecule has 1 aliphatic carbocycles. The third-order valence-corrected chi connectivity index (χ3v) is 4.42. The highest BCUT2D eigenvalue weighted by molar-refractivity contribution is 5.81. The molecule has 1 atom stereocenters. The Bertz CT molecular complexity index is 714. The molecule has 0 amide bonds. The zero-order valence-corrected chi connectivity index (χ0v) is 10.6. The van der Waals surface area contributed by atoms with Crippen molar-refractivity contribution >= 4 is 10.9 Å². The van der Waals surface area contributed by atoms with Crippen LogP contribution in [-0.2, 0) is 13.0 Å². The van der Waals surface area contributed by atoms with Gasteiger partial charge in [0.1, 0.15) is 6.04 Å². The minimum atomic E-state index is 0.276. The molecule has 0 saturated heterocycles. The molecule has 2 N–H and O–H groups in total. The normalized spacial score (nSPS) is 21.3. The zero-order valence-electron chi connectivity index (χ0n) is 10.6. The molecular weight excluding hydrogens is 224 g/mol. The monoisotopic (exact) mass is 241 g/mol. The third-order valence-electron chi connectivity index (χ3n) is 4.42. The van der Waals surface area contributed by atoms with Gasteiger partial charge in [-0.3, -0.25) is 4.79 Å². The molecule has 3 nitrogen and oxygen atoms in total. The number of nitrogens with zero attached hydrogens (tertiary/aromatic N) is 1. The number of nitrogens with two attached hydrogens (primary N) is 1. The molecule has 3 heteroatoms. The van der Waals surface area contributed by atoms with Crippen LogP contribution < -0.4 is 10.7 Å². The second-order valence-electron chi connectivity index (χ2n) is 5.53. The molecule has 18 heavy (non-hydrogen) atoms. The summed E-state index contributed by atoms with van der Waals surface area (Å²) >= 11 is 0. The average molecular weight is 241 g/mol. The van der Waals surface area contributed by atoms with Gasteiger partial charge < -0.3 is 9.88 Å². The van der Waals surface area contributed by atoms with E-state index >= 15 is 0 Å². The van der Waals surface area contributed by atoms with E-state index in [-0.39, 0.29) is 5.43 Å². The molecule has 0 bridgehead atoms. The lowest BCUT2D eigenvalue weighted by Crippen LogP contribution is -2.87. The van der Waals surface area contributed by atoms with E-state index in [1.165, 1.54) is 11.3 Å². The highest BCUT2D eigenvalue weighted by Gasteiger charge is 2.34. The second-order valence-corrected chi connectivity index (χ2v) is 5.53. The van der Waals surface area contributed by atoms with Crippen molar-refractivity contribution in [2.75, 3.05) is 6.54 Å². The van der Waals surface area contributed by atoms with Crippen LogP contribution in [0.2, 0.25) is 0 Å². The van der Waals surface area contributed by atoms with Gasteiger partial charge in [0.15, 0.2) is 5.43 Å². The summed E-state index contributed by atoms with van der Waals surface area (Å²) in [6.45, 7) is 4.21. The third kappa shape index (κ3) is 1.20. The number of fused-ring (bicyclic) bond motifs is 2. The number of pyridine rings is 1. The van der Waals surface area contributed by atoms with Gasteiger partial charge in [0.05, 0.1) is 24.3 Å². The summed E-state index contributed by atoms with van der Waals surface area (Å²) in [5, 5.41) is 3.31. The number of benzene rings is 1. The first-order valence-corrected chi connectivity index (χ1v) is 6.75. The van der Waals surface area contributed by atoms with Gasteiger partial charge in [0.2, 0.25) is 0 Å². The van der Waals surface area contributed by atoms with Gasteiger partial charge in [0, 0.05) is 17.4 Å². The lowest BCUT2D eigenvalue weighted by Gasteiger charge is -2.24. The number of rotatable bonds is 0. The van der Waals surface area contributed by atoms with E-state index in [1.807, 2.05) is 6.07 Å². The van der Waals surface area contributed by atoms with Crippen molar-refractivity contribution in [3.8, 4) is 0 Å². The van der Waals surface area contributed by atoms with E-state index in [9.17, 15) is 4.79 Å². The van der Waals surface area contributed by atoms with Crippen molar-refractivity contribution in [2.45, 2.75) is 32.4 Å². The number of aryl methyl sites for hydroxylation is 1. The highest BCUT2D eigenvalue weighted by atomic mass is 16.1. The fourth-order valence-corrected chi connectivity index (χ4v) is 3.62. The van der Waals surface area contributed by atoms with Crippen molar-refractivity contribution < 1.29 is 5.32 Å². The maximum absolute atomic E-state index is 12.6. The summed E-state index contributed by atoms with van der Waals surface area (Å²) in [4.78, 5) is 12.6. The van der Waals surface area contributed by atoms with Gasteiger partial charge in [-0.05, 0) is 25.5 Å². The molecule has 2 aromatic rings. The summed E-state index contributed by atoms with van der Waals surface area (Å²) < 4.78 is 2.39. The largest absolute Gasteiger partial charge is 0.337 e. The quantitative estimate of drug-likeness (QED) is 0.730. The molecule has 4 rings (SSSR count). The summed E-state index contributed by atoms with van der Waals surface area (Å²) in [5.41, 5.74) is 4.96. The van der Waals surface area contributed by atoms with Gasteiger partial charge in [-0.25, -0.2) is 0 Å². The fourth-order valence-electron chi connectivity index (χ4n) is 3.62. The molecular formula is C15H17N2O+. The highest BCUT2D eigenvalue weighted by Crippen LogP contribution is 2.30. The van der Waals surface area contributed by atoms with Crippen LogP contribution >= 0.6 is 0 Å². The van der Waals surface area contributed by atoms with Crippen molar-refractivity contribution in [1.82, 2.24) is 4.57 Å². The van der Waals surface area contributed by atoms with Crippen molar-refractivity contribution in [2.24, 2.45) is 0 Å². The Morgan fingerprint density at radius 3 is 3.17 bits per heavy atom. The van der Waals surface area contributed by atoms with E-state index in [4.69, 9.17) is 0 Å². The molecule has 2 heterocycles. The summed E-state index contributed by atoms with van der Waals surface area (Å²) in [6.07, 6.45) is 2.08. The minimum absolute atomic E-state index is 0.276. The summed E-state index contributed by atoms with van der Waals surface area (Å²) in [6, 6.07) is 6.80. The minimum Gasteiger partial charge on any atom is -0.337 e. The number of hydrogen-bond donors (Lipinski definition) is 1. The lowest BCUT2D eigenvalue weighted by molar-refractivity contribution is -0.702. The molecule has 1 aromatic carbocycles. The lowest BCUT2D eigenvalue weighted by atomic mass is 10.0. The van der Waals surface area contributed by atoms with Crippen LogP contribution in [0.3, 0.4) is 0 Å². The first-order chi connectivity index (χ1) is 8.75. The van der Waals surface area contributed by atoms with Crippen molar-refractivity contribution in [3.05, 3.63) is 45.2 Å². The molecule has 2 aliphatic rings. The Hall–Kier alpha value is -1.61. The van der Waals surface area contributed by atoms with E-state index < -0.39 is 0 Å². The summed E-state index contributed by atoms with van der Waals surface area (Å²) in [7, 11) is 0. The Kier molecular flexibility index (Phi) is 1.98. The molecule has 92 valence electrons. The van der Waals surface area contributed by atoms with Gasteiger partial charge in [-0.1, -0.05) is 11.6 Å². The molecule has 0 fully saturated rings. The van der Waals surface area contributed by atoms with Gasteiger partial charge in [-0.2, -0.15) is 0 Å². The SMILES string of the molecule is Cc1ccc2c(c1)c(=O)c1c3n2CC[NH2+][C@@H]3CC1. The number of quaternary nitrogens is 1. The van der Waals surface area contributed by atoms with Crippen LogP contribution in [0.1, 0.15) is 29.3 Å². The first kappa shape index (κ1) is 10.3. The Morgan fingerprint density at radius 1 is 1.39 bits per heavy atom. The van der Waals surface area contributed by atoms with Crippen molar-refractivity contribution in [3.63, 3.8) is 0 Å². The average Bonchev–Trinajstić information content (AvgIpc) is 2.81. The maximum atomic E-state index is 12.6. The van der Waals surface area contributed by atoms with Gasteiger partial charge in [-0.15, -0.1) is 0 Å². The predicted molar refractivity (Wildman–Crippen MR) is 70.8 cm³/mol. The van der Waals surface area contributed by atoms with Crippen LogP contribution in [0, 0.1) is 6.92 Å². The number of aromatic nitrogens is 1. The van der Waals surface area contributed by atoms with E-state index in [0.717, 1.165) is 42.4 Å². The van der Waals surface area contributed by atoms with Gasteiger partial charge >= 0.3 is 0 Å². The van der Waals surface area contributed by atoms with Crippen LogP contribution in [0.25, 0.3) is 10.9 Å². The molecule has 0 unspecified atom stereocenters. The smallest absolute Gasteiger partial charge is 0.193 e. The van der Waals surface area contributed by atoms with Crippen molar-refractivity contribution in [1.29, 1.82) is 0 Å². The number of hydrogen-bond acceptors (Lipinski definition) is 1. The van der Waals surface area contributed by atoms with Gasteiger partial charge in [0.25, 0.3) is 0 Å². The molecule has 0 saturated carbocycles. The second kappa shape index (κ2) is 3.45. The van der Waals surface area contributed by atoms with E-state index in [1.54, 1.807) is 0 Å². The maximum Gasteiger partial charge on any atom is 0.193 e. The Morgan fingerprint density at radius 2 is 2.28 bits per heavy atom. The van der Waals surface area contributed by atoms with Crippen LogP contribution in [0.15, 0.2) is 23.0 Å². The van der Waals surface area contributed by atoms with E-state index in [2.05, 4.69) is 28.9 Å². The van der Waals surface area contributed by atoms with Crippen LogP contribution in [-0.4, -0.2) is 11.1 Å². The van der Waals surface area contributed by atoms with Crippen LogP contribution in [0.5, 0.6) is 0 Å². The summed E-state index contributed by atoms with van der Waals surface area (Å²) in [5.74, 6) is 0.